The zero-order valence-corrected chi connectivity index (χ0v) is 76.1. The fourth-order valence-corrected chi connectivity index (χ4v) is 36.9. The average molecular weight is 1610 g/mol. The van der Waals surface area contributed by atoms with Gasteiger partial charge in [0.05, 0.1) is 45.0 Å². The molecule has 22 bridgehead atoms. The number of aliphatic hydroxyl groups excluding tert-OH is 1. The normalized spacial score (nSPS) is 54.8. The minimum atomic E-state index is -0.568. The summed E-state index contributed by atoms with van der Waals surface area (Å²) in [5, 5.41) is 18.4. The van der Waals surface area contributed by atoms with Crippen LogP contribution < -0.4 is 0 Å². The minimum Gasteiger partial charge on any atom is -0.481 e. The lowest BCUT2D eigenvalue weighted by Crippen LogP contribution is -2.49. The van der Waals surface area contributed by atoms with E-state index in [2.05, 4.69) is 125 Å². The molecule has 23 fully saturated rings. The maximum atomic E-state index is 11.9. The molecule has 23 rings (SSSR count). The van der Waals surface area contributed by atoms with E-state index in [9.17, 15) is 29.1 Å². The summed E-state index contributed by atoms with van der Waals surface area (Å²) in [6.07, 6.45) is 31.5. The Labute approximate surface area is 708 Å². The summed E-state index contributed by atoms with van der Waals surface area (Å²) in [7, 11) is 4.58. The number of carboxylic acid groups (broad SMARTS) is 1. The van der Waals surface area contributed by atoms with Crippen LogP contribution in [-0.4, -0.2) is 74.1 Å². The zero-order valence-electron chi connectivity index (χ0n) is 76.1. The van der Waals surface area contributed by atoms with Crippen LogP contribution in [0.1, 0.15) is 294 Å². The number of carbonyl (C=O) groups excluding carboxylic acids is 4. The Morgan fingerprint density at radius 2 is 0.586 bits per heavy atom. The van der Waals surface area contributed by atoms with Crippen LogP contribution >= 0.6 is 0 Å². The number of carbonyl (C=O) groups is 5. The van der Waals surface area contributed by atoms with E-state index in [0.717, 1.165) is 233 Å². The number of aliphatic carboxylic acids is 1. The number of carboxylic acids is 1. The molecule has 0 radical (unpaired) electrons. The number of esters is 4. The van der Waals surface area contributed by atoms with E-state index in [1.165, 1.54) is 128 Å². The van der Waals surface area contributed by atoms with Crippen molar-refractivity contribution in [2.45, 2.75) is 300 Å². The van der Waals surface area contributed by atoms with Crippen molar-refractivity contribution >= 4 is 29.8 Å². The van der Waals surface area contributed by atoms with Crippen LogP contribution in [0, 0.1) is 302 Å². The highest BCUT2D eigenvalue weighted by Gasteiger charge is 2.70. The van der Waals surface area contributed by atoms with Crippen LogP contribution in [0.2, 0.25) is 0 Å². The van der Waals surface area contributed by atoms with Crippen molar-refractivity contribution in [1.82, 2.24) is 0 Å². The molecule has 11 heteroatoms. The lowest BCUT2D eigenvalue weighted by molar-refractivity contribution is -0.160. The lowest BCUT2D eigenvalue weighted by Gasteiger charge is -2.50. The molecular formula is C105H176O11. The summed E-state index contributed by atoms with van der Waals surface area (Å²) in [5.74, 6) is 42.8. The molecule has 23 aliphatic carbocycles. The van der Waals surface area contributed by atoms with Crippen LogP contribution in [-0.2, 0) is 42.9 Å². The minimum absolute atomic E-state index is 0. The third kappa shape index (κ3) is 15.4. The summed E-state index contributed by atoms with van der Waals surface area (Å²) in [4.78, 5) is 56.6. The first-order valence-electron chi connectivity index (χ1n) is 49.6. The van der Waals surface area contributed by atoms with Crippen LogP contribution in [0.4, 0.5) is 0 Å². The van der Waals surface area contributed by atoms with E-state index < -0.39 is 5.97 Å². The van der Waals surface area contributed by atoms with E-state index in [0.29, 0.717) is 59.9 Å². The Morgan fingerprint density at radius 1 is 0.276 bits per heavy atom. The van der Waals surface area contributed by atoms with Gasteiger partial charge in [-0.3, -0.25) is 24.0 Å². The largest absolute Gasteiger partial charge is 0.481 e. The summed E-state index contributed by atoms with van der Waals surface area (Å²) in [6, 6.07) is 0. The van der Waals surface area contributed by atoms with Crippen LogP contribution in [0.15, 0.2) is 0 Å². The van der Waals surface area contributed by atoms with Crippen LogP contribution in [0.25, 0.3) is 0 Å². The standard InChI is InChI=1S/C16H24O2.C15H24O.C14H22.C13H20O2.2C11H18O2.C10H16O2.C9H16.C4H10.2CH4/c1-7-8(2)11-6-10(7)14-9-4-12(15(11)14)13(5-9)16(17)18-3;1-7-8(2)12-5-11(7)14-9-3-10(6-16)13(4-9)15(12)14;1-7-8(2)12-6-11(7)13-9-3-4-10(5-9)14(12)13;1-6-7(2)9-4-8(6)10-5-11(12(9)10)13(14)15-3;1-6-7(2)9-4-8(6)5-10(9)11(12)13-3;1-6-7(2)10-4-9(6)5-11(10)13-8(3)12;1-5-6(2)8-3-7(5)4-9(8)10(11)12;1-6-7(2)9-4-3-8(6)5-9;1-3-4-2;;/h7-15H,4-6H2,1-3H3;7-16H,3-6H2,1-2H3;7-14H,3-6H2,1-2H3;6-12H,4-5H2,1-3H3;6-10H,4-5H2,1-3H3;6-7,9-11H,4-5H2,1-3H3;5-9H,3-4H2,1-2H3,(H,11,12);6-9H,3-5H2,1-2H3;3-4H2,1-2H3;2*1H4. The number of ether oxygens (including phenoxy) is 4. The number of unbranched alkanes of at least 4 members (excludes halogenated alkanes) is 1. The number of fused-ring (bicyclic) bond motifs is 40. The van der Waals surface area contributed by atoms with Gasteiger partial charge in [0.2, 0.25) is 0 Å². The van der Waals surface area contributed by atoms with Crippen LogP contribution in [0.5, 0.6) is 0 Å². The predicted molar refractivity (Wildman–Crippen MR) is 466 cm³/mol. The first kappa shape index (κ1) is 91.0. The van der Waals surface area contributed by atoms with Gasteiger partial charge in [-0.2, -0.15) is 0 Å². The SMILES string of the molecule is C.C.CC(=O)OC1CC2CC1C(C)C2C.CC1C(C)C2CC1C1C3CC(CO)C(C3)C21.CC1C(C)C2CC1C1C3CCC(C3)C21.CC1C2CC(C(=O)O)C(C2)C1C.CC1C2CCC(C2)C1C.CCCC.COC(=O)C1CC2C3CC(C(C)C3C)C12.COC(=O)C1CC2CC1C(C)C2C.COC(=O)C1CC2CC1C1C3CC(C(C)C3C)C21. The van der Waals surface area contributed by atoms with E-state index in [-0.39, 0.29) is 68.5 Å². The number of hydrogen-bond acceptors (Lipinski definition) is 10. The first-order valence-corrected chi connectivity index (χ1v) is 49.6. The molecule has 116 heavy (non-hydrogen) atoms. The summed E-state index contributed by atoms with van der Waals surface area (Å²) < 4.78 is 20.1. The molecule has 23 aliphatic rings. The van der Waals surface area contributed by atoms with Crippen molar-refractivity contribution in [3.63, 3.8) is 0 Å². The van der Waals surface area contributed by atoms with Gasteiger partial charge in [0.15, 0.2) is 0 Å². The molecular weight excluding hydrogens is 1440 g/mol. The number of rotatable bonds is 7. The number of aliphatic hydroxyl groups is 1. The molecule has 11 nitrogen and oxygen atoms in total. The summed E-state index contributed by atoms with van der Waals surface area (Å²) in [5.41, 5.74) is 0. The van der Waals surface area contributed by atoms with Gasteiger partial charge in [0.1, 0.15) is 6.10 Å². The Bertz CT molecular complexity index is 3290. The van der Waals surface area contributed by atoms with Crippen LogP contribution in [0.3, 0.4) is 0 Å². The van der Waals surface area contributed by atoms with Crippen molar-refractivity contribution in [3.8, 4) is 0 Å². The molecule has 0 saturated heterocycles. The maximum absolute atomic E-state index is 11.9. The summed E-state index contributed by atoms with van der Waals surface area (Å²) in [6.45, 7) is 44.7. The van der Waals surface area contributed by atoms with Gasteiger partial charge in [-0.25, -0.2) is 0 Å². The highest BCUT2D eigenvalue weighted by molar-refractivity contribution is 5.75. The van der Waals surface area contributed by atoms with Crippen molar-refractivity contribution in [2.24, 2.45) is 302 Å². The predicted octanol–water partition coefficient (Wildman–Crippen LogP) is 23.7. The molecule has 0 amide bonds. The van der Waals surface area contributed by atoms with Gasteiger partial charge < -0.3 is 29.2 Å². The molecule has 52 unspecified atom stereocenters. The topological polar surface area (TPSA) is 163 Å². The second-order valence-corrected chi connectivity index (χ2v) is 46.5. The molecule has 0 spiro atoms. The molecule has 0 aromatic carbocycles. The lowest BCUT2D eigenvalue weighted by atomic mass is 9.54. The highest BCUT2D eigenvalue weighted by Crippen LogP contribution is 2.75. The number of methoxy groups -OCH3 is 3. The molecule has 662 valence electrons. The van der Waals surface area contributed by atoms with E-state index in [4.69, 9.17) is 24.1 Å². The molecule has 23 saturated carbocycles. The van der Waals surface area contributed by atoms with Gasteiger partial charge in [-0.15, -0.1) is 0 Å². The molecule has 2 N–H and O–H groups in total. The smallest absolute Gasteiger partial charge is 0.308 e. The van der Waals surface area contributed by atoms with Gasteiger partial charge in [-0.1, -0.05) is 152 Å². The average Bonchev–Trinajstić information content (AvgIpc) is 1.55. The molecule has 0 heterocycles. The molecule has 52 atom stereocenters. The number of hydrogen-bond donors (Lipinski definition) is 2. The summed E-state index contributed by atoms with van der Waals surface area (Å²) >= 11 is 0. The second kappa shape index (κ2) is 36.1. The third-order valence-electron chi connectivity index (χ3n) is 44.2. The second-order valence-electron chi connectivity index (χ2n) is 46.5. The van der Waals surface area contributed by atoms with Gasteiger partial charge in [0.25, 0.3) is 0 Å². The molecule has 0 aliphatic heterocycles. The van der Waals surface area contributed by atoms with Gasteiger partial charge in [-0.05, 0) is 413 Å². The molecule has 0 aromatic heterocycles. The van der Waals surface area contributed by atoms with Crippen molar-refractivity contribution in [1.29, 1.82) is 0 Å². The van der Waals surface area contributed by atoms with Crippen molar-refractivity contribution in [2.75, 3.05) is 27.9 Å². The van der Waals surface area contributed by atoms with Crippen molar-refractivity contribution in [3.05, 3.63) is 0 Å². The fourth-order valence-electron chi connectivity index (χ4n) is 36.9. The Balaban J connectivity index is 0.000000115. The zero-order chi connectivity index (χ0) is 81.7. The van der Waals surface area contributed by atoms with Gasteiger partial charge >= 0.3 is 29.8 Å². The van der Waals surface area contributed by atoms with E-state index in [1.54, 1.807) is 39.2 Å². The fraction of sp³-hybridized carbons (Fsp3) is 0.952. The third-order valence-corrected chi connectivity index (χ3v) is 44.2. The Hall–Kier alpha value is -2.69. The van der Waals surface area contributed by atoms with Crippen molar-refractivity contribution < 1.29 is 53.1 Å². The van der Waals surface area contributed by atoms with E-state index in [1.807, 2.05) is 0 Å². The Kier molecular flexibility index (Phi) is 28.3. The highest BCUT2D eigenvalue weighted by atomic mass is 16.5. The van der Waals surface area contributed by atoms with Gasteiger partial charge in [0, 0.05) is 13.5 Å². The maximum Gasteiger partial charge on any atom is 0.308 e. The first-order chi connectivity index (χ1) is 54.3. The molecule has 0 aromatic rings. The monoisotopic (exact) mass is 1610 g/mol. The van der Waals surface area contributed by atoms with E-state index >= 15 is 0 Å². The Morgan fingerprint density at radius 3 is 0.983 bits per heavy atom. The quantitative estimate of drug-likeness (QED) is 0.142.